The number of carbonyl (C=O) groups excluding carboxylic acids is 3. The molecular formula is C84H78Cl3F6N9O3. The van der Waals surface area contributed by atoms with Crippen molar-refractivity contribution in [2.75, 3.05) is 0 Å². The van der Waals surface area contributed by atoms with Gasteiger partial charge in [0.2, 0.25) is 0 Å². The highest BCUT2D eigenvalue weighted by Crippen LogP contribution is 2.34. The van der Waals surface area contributed by atoms with Gasteiger partial charge in [-0.3, -0.25) is 14.4 Å². The van der Waals surface area contributed by atoms with Crippen molar-refractivity contribution in [3.05, 3.63) is 317 Å². The zero-order valence-electron chi connectivity index (χ0n) is 59.3. The van der Waals surface area contributed by atoms with Crippen molar-refractivity contribution < 1.29 is 40.7 Å². The van der Waals surface area contributed by atoms with Crippen molar-refractivity contribution in [2.45, 2.75) is 113 Å². The first-order chi connectivity index (χ1) is 50.2. The number of rotatable bonds is 18. The Labute approximate surface area is 622 Å². The molecular weight excluding hydrogens is 1400 g/mol. The van der Waals surface area contributed by atoms with Gasteiger partial charge in [0.05, 0.1) is 29.2 Å². The molecule has 0 aliphatic heterocycles. The van der Waals surface area contributed by atoms with Gasteiger partial charge in [-0.15, -0.1) is 0 Å². The predicted molar refractivity (Wildman–Crippen MR) is 408 cm³/mol. The molecule has 1 fully saturated rings. The molecule has 3 heterocycles. The van der Waals surface area contributed by atoms with Crippen LogP contribution in [-0.2, 0) is 0 Å². The van der Waals surface area contributed by atoms with E-state index in [9.17, 15) is 40.7 Å². The lowest BCUT2D eigenvalue weighted by Crippen LogP contribution is -2.39. The molecule has 11 aromatic rings. The van der Waals surface area contributed by atoms with Gasteiger partial charge in [-0.05, 0) is 217 Å². The minimum absolute atomic E-state index is 0.0177. The Bertz CT molecular complexity index is 4810. The third-order valence-electron chi connectivity index (χ3n) is 18.3. The van der Waals surface area contributed by atoms with Crippen molar-refractivity contribution in [3.8, 4) is 17.1 Å². The molecule has 3 N–H and O–H groups in total. The molecule has 0 spiro atoms. The summed E-state index contributed by atoms with van der Waals surface area (Å²) in [6, 6.07) is 50.3. The number of nitrogens with zero attached hydrogens (tertiary/aromatic N) is 6. The number of amides is 3. The maximum absolute atomic E-state index is 14.8. The molecule has 0 radical (unpaired) electrons. The highest BCUT2D eigenvalue weighted by Gasteiger charge is 2.30. The van der Waals surface area contributed by atoms with Crippen LogP contribution in [0.15, 0.2) is 188 Å². The van der Waals surface area contributed by atoms with Crippen LogP contribution in [0.4, 0.5) is 26.3 Å². The zero-order chi connectivity index (χ0) is 75.3. The summed E-state index contributed by atoms with van der Waals surface area (Å²) < 4.78 is 89.3. The molecule has 1 saturated carbocycles. The molecule has 0 bridgehead atoms. The summed E-state index contributed by atoms with van der Waals surface area (Å²) in [6.07, 6.45) is 11.5. The molecule has 105 heavy (non-hydrogen) atoms. The average molecular weight is 1480 g/mol. The van der Waals surface area contributed by atoms with Crippen LogP contribution in [0, 0.1) is 61.6 Å². The maximum Gasteiger partial charge on any atom is 0.272 e. The number of halogens is 9. The lowest BCUT2D eigenvalue weighted by molar-refractivity contribution is 0.0909. The topological polar surface area (TPSA) is 141 Å². The number of nitrogens with one attached hydrogen (secondary N) is 3. The van der Waals surface area contributed by atoms with Gasteiger partial charge < -0.3 is 16.0 Å². The monoisotopic (exact) mass is 1480 g/mol. The molecule has 12 rings (SSSR count). The van der Waals surface area contributed by atoms with Crippen LogP contribution in [-0.4, -0.2) is 53.1 Å². The van der Waals surface area contributed by atoms with Crippen molar-refractivity contribution in [2.24, 2.45) is 5.92 Å². The first kappa shape index (κ1) is 77.1. The minimum Gasteiger partial charge on any atom is -0.348 e. The van der Waals surface area contributed by atoms with Gasteiger partial charge in [0.1, 0.15) is 34.5 Å². The summed E-state index contributed by atoms with van der Waals surface area (Å²) in [5.41, 5.74) is 11.0. The van der Waals surface area contributed by atoms with Gasteiger partial charge in [-0.1, -0.05) is 151 Å². The van der Waals surface area contributed by atoms with Crippen LogP contribution in [0.3, 0.4) is 0 Å². The zero-order valence-corrected chi connectivity index (χ0v) is 61.6. The van der Waals surface area contributed by atoms with E-state index in [1.165, 1.54) is 57.6 Å². The number of carbonyl (C=O) groups is 3. The van der Waals surface area contributed by atoms with Gasteiger partial charge in [-0.25, -0.2) is 40.4 Å². The number of allylic oxidation sites excluding steroid dienone is 3. The minimum atomic E-state index is -0.780. The van der Waals surface area contributed by atoms with Gasteiger partial charge in [0, 0.05) is 56.0 Å². The van der Waals surface area contributed by atoms with Crippen LogP contribution in [0.25, 0.3) is 52.0 Å². The smallest absolute Gasteiger partial charge is 0.272 e. The molecule has 3 atom stereocenters. The third-order valence-corrected chi connectivity index (χ3v) is 19.1. The molecule has 21 heteroatoms. The normalized spacial score (nSPS) is 13.6. The Morgan fingerprint density at radius 2 is 0.695 bits per heavy atom. The molecule has 540 valence electrons. The second-order valence-electron chi connectivity index (χ2n) is 26.0. The van der Waals surface area contributed by atoms with E-state index < -0.39 is 34.9 Å². The molecule has 1 aliphatic carbocycles. The Morgan fingerprint density at radius 3 is 0.981 bits per heavy atom. The SMILES string of the molecule is C/C(=C\c1ccc(Cl)cc1)c1c(C)c(C(=O)N[C@@H](C)c2ccccc2)nn1-c1ccc(F)cc1F.C/C(=C\c1ccc(Cl)cc1)c1c(C)c(C(=O)N[C@H](C)C2CCCCC2)nn1-c1ccc(F)cc1F.C/C(=C\c1ccc(Cl)cc1)c1c(C)c(C(=O)N[C@H](C)c2ccccc2)nn1-c1ccc(F)cc1F. The second-order valence-corrected chi connectivity index (χ2v) is 27.3. The van der Waals surface area contributed by atoms with Crippen LogP contribution in [0.5, 0.6) is 0 Å². The van der Waals surface area contributed by atoms with Crippen LogP contribution < -0.4 is 16.0 Å². The Hall–Kier alpha value is -10.5. The van der Waals surface area contributed by atoms with E-state index >= 15 is 0 Å². The molecule has 3 amide bonds. The molecule has 3 aromatic heterocycles. The van der Waals surface area contributed by atoms with Crippen LogP contribution in [0.1, 0.15) is 179 Å². The van der Waals surface area contributed by atoms with Crippen molar-refractivity contribution in [1.29, 1.82) is 0 Å². The summed E-state index contributed by atoms with van der Waals surface area (Å²) in [5.74, 6) is -5.01. The highest BCUT2D eigenvalue weighted by atomic mass is 35.5. The van der Waals surface area contributed by atoms with E-state index in [0.29, 0.717) is 54.8 Å². The Kier molecular flexibility index (Phi) is 25.6. The van der Waals surface area contributed by atoms with Gasteiger partial charge in [0.15, 0.2) is 34.5 Å². The molecule has 0 unspecified atom stereocenters. The number of benzene rings is 8. The summed E-state index contributed by atoms with van der Waals surface area (Å²) in [7, 11) is 0. The Morgan fingerprint density at radius 1 is 0.410 bits per heavy atom. The fourth-order valence-electron chi connectivity index (χ4n) is 12.8. The lowest BCUT2D eigenvalue weighted by Gasteiger charge is -2.28. The molecule has 0 saturated heterocycles. The number of hydrogen-bond acceptors (Lipinski definition) is 6. The molecule has 8 aromatic carbocycles. The Balaban J connectivity index is 0.000000169. The highest BCUT2D eigenvalue weighted by molar-refractivity contribution is 6.31. The predicted octanol–water partition coefficient (Wildman–Crippen LogP) is 21.7. The van der Waals surface area contributed by atoms with Gasteiger partial charge in [-0.2, -0.15) is 15.3 Å². The van der Waals surface area contributed by atoms with Gasteiger partial charge >= 0.3 is 0 Å². The van der Waals surface area contributed by atoms with Gasteiger partial charge in [0.25, 0.3) is 17.7 Å². The standard InChI is InChI=1S/C28H30ClF2N3O.2C28H24ClF2N3O/c3*1-17(15-20-9-11-22(29)12-10-20)27-18(2)26(28(35)32-19(3)21-7-5-4-6-8-21)33-34(27)25-14-13-23(30)16-24(25)31/h9-16,19,21H,4-8H2,1-3H3,(H,32,35);2*4-16,19H,1-3H3,(H,32,35)/b3*17-15+/t3*19-/m110/s1. The fraction of sp³-hybridized carbons (Fsp3) is 0.214. The number of aromatic nitrogens is 6. The largest absolute Gasteiger partial charge is 0.348 e. The van der Waals surface area contributed by atoms with E-state index in [1.54, 1.807) is 57.2 Å². The first-order valence-corrected chi connectivity index (χ1v) is 35.4. The first-order valence-electron chi connectivity index (χ1n) is 34.2. The van der Waals surface area contributed by atoms with E-state index in [-0.39, 0.29) is 70.0 Å². The summed E-state index contributed by atoms with van der Waals surface area (Å²) >= 11 is 18.0. The van der Waals surface area contributed by atoms with Crippen LogP contribution >= 0.6 is 34.8 Å². The van der Waals surface area contributed by atoms with E-state index in [2.05, 4.69) is 31.2 Å². The number of hydrogen-bond donors (Lipinski definition) is 3. The third kappa shape index (κ3) is 19.1. The van der Waals surface area contributed by atoms with E-state index in [4.69, 9.17) is 34.8 Å². The second kappa shape index (κ2) is 34.8. The molecule has 1 aliphatic rings. The summed E-state index contributed by atoms with van der Waals surface area (Å²) in [5, 5.41) is 24.4. The van der Waals surface area contributed by atoms with Crippen molar-refractivity contribution in [1.82, 2.24) is 45.3 Å². The van der Waals surface area contributed by atoms with E-state index in [1.807, 2.05) is 157 Å². The lowest BCUT2D eigenvalue weighted by atomic mass is 9.84. The fourth-order valence-corrected chi connectivity index (χ4v) is 13.2. The average Bonchev–Trinajstić information content (AvgIpc) is 1.64. The maximum atomic E-state index is 14.8. The summed E-state index contributed by atoms with van der Waals surface area (Å²) in [4.78, 5) is 39.8. The van der Waals surface area contributed by atoms with Crippen molar-refractivity contribution in [3.63, 3.8) is 0 Å². The van der Waals surface area contributed by atoms with Crippen molar-refractivity contribution >= 4 is 87.5 Å². The van der Waals surface area contributed by atoms with Crippen LogP contribution in [0.2, 0.25) is 15.1 Å². The molecule has 12 nitrogen and oxygen atoms in total. The van der Waals surface area contributed by atoms with E-state index in [0.717, 1.165) is 87.7 Å². The summed E-state index contributed by atoms with van der Waals surface area (Å²) in [6.45, 7) is 16.7. The quantitative estimate of drug-likeness (QED) is 0.0731.